The predicted octanol–water partition coefficient (Wildman–Crippen LogP) is -0.121. The largest absolute Gasteiger partial charge is 0.316 e. The van der Waals surface area contributed by atoms with E-state index < -0.39 is 0 Å². The summed E-state index contributed by atoms with van der Waals surface area (Å²) in [6.45, 7) is 2.81. The van der Waals surface area contributed by atoms with Gasteiger partial charge in [0.15, 0.2) is 0 Å². The Balaban J connectivity index is 2.14. The molecule has 0 saturated carbocycles. The highest BCUT2D eigenvalue weighted by molar-refractivity contribution is 4.70. The molecular formula is C5H11N2. The molecule has 2 N–H and O–H groups in total. The van der Waals surface area contributed by atoms with Crippen LogP contribution >= 0.6 is 0 Å². The summed E-state index contributed by atoms with van der Waals surface area (Å²) in [6, 6.07) is 0. The number of rotatable bonds is 1. The number of hydrogen-bond donors (Lipinski definition) is 1. The average molecular weight is 99.2 g/mol. The molecule has 1 heterocycles. The highest BCUT2D eigenvalue weighted by atomic mass is 14.9. The monoisotopic (exact) mass is 99.1 g/mol. The van der Waals surface area contributed by atoms with Crippen molar-refractivity contribution in [2.24, 2.45) is 5.92 Å². The van der Waals surface area contributed by atoms with E-state index in [1.165, 1.54) is 6.42 Å². The number of nitrogens with one attached hydrogen (secondary N) is 2. The maximum absolute atomic E-state index is 6.96. The average Bonchev–Trinajstić information content (AvgIpc) is 2.14. The maximum atomic E-state index is 6.96. The second kappa shape index (κ2) is 2.28. The molecule has 1 rings (SSSR count). The summed E-state index contributed by atoms with van der Waals surface area (Å²) in [6.07, 6.45) is 1.21. The molecule has 0 aliphatic carbocycles. The first-order chi connectivity index (χ1) is 3.43. The van der Waals surface area contributed by atoms with Crippen molar-refractivity contribution >= 4 is 0 Å². The van der Waals surface area contributed by atoms with Crippen LogP contribution in [0.5, 0.6) is 0 Å². The van der Waals surface area contributed by atoms with Gasteiger partial charge in [0.25, 0.3) is 0 Å². The molecule has 1 unspecified atom stereocenters. The lowest BCUT2D eigenvalue weighted by Crippen LogP contribution is -2.11. The summed E-state index contributed by atoms with van der Waals surface area (Å²) >= 11 is 0. The van der Waals surface area contributed by atoms with Crippen LogP contribution in [0.4, 0.5) is 0 Å². The number of hydrogen-bond acceptors (Lipinski definition) is 1. The van der Waals surface area contributed by atoms with E-state index in [9.17, 15) is 0 Å². The Morgan fingerprint density at radius 1 is 1.71 bits per heavy atom. The maximum Gasteiger partial charge on any atom is 0.0141 e. The fourth-order valence-corrected chi connectivity index (χ4v) is 0.889. The predicted molar refractivity (Wildman–Crippen MR) is 28.9 cm³/mol. The van der Waals surface area contributed by atoms with E-state index >= 15 is 0 Å². The molecule has 1 saturated heterocycles. The molecule has 0 bridgehead atoms. The van der Waals surface area contributed by atoms with Crippen LogP contribution in [0.1, 0.15) is 6.42 Å². The third-order valence-electron chi connectivity index (χ3n) is 1.45. The molecule has 1 radical (unpaired) electrons. The Morgan fingerprint density at radius 2 is 2.57 bits per heavy atom. The van der Waals surface area contributed by atoms with Crippen LogP contribution in [0.25, 0.3) is 0 Å². The van der Waals surface area contributed by atoms with Crippen molar-refractivity contribution in [1.29, 1.82) is 0 Å². The Kier molecular flexibility index (Phi) is 1.65. The minimum atomic E-state index is 0.604. The van der Waals surface area contributed by atoms with E-state index in [1.54, 1.807) is 0 Å². The Bertz CT molecular complexity index is 48.0. The van der Waals surface area contributed by atoms with E-state index in [-0.39, 0.29) is 0 Å². The van der Waals surface area contributed by atoms with Gasteiger partial charge in [-0.2, -0.15) is 0 Å². The first-order valence-electron chi connectivity index (χ1n) is 2.79. The van der Waals surface area contributed by atoms with Crippen molar-refractivity contribution in [1.82, 2.24) is 11.1 Å². The normalized spacial score (nSPS) is 31.3. The quantitative estimate of drug-likeness (QED) is 0.488. The molecule has 2 heteroatoms. The van der Waals surface area contributed by atoms with Crippen LogP contribution < -0.4 is 11.1 Å². The SMILES string of the molecule is [NH]CC1CCNC1. The minimum absolute atomic E-state index is 0.604. The van der Waals surface area contributed by atoms with Crippen LogP contribution in [0.2, 0.25) is 0 Å². The molecule has 1 aliphatic heterocycles. The lowest BCUT2D eigenvalue weighted by atomic mass is 10.1. The van der Waals surface area contributed by atoms with Crippen molar-refractivity contribution in [3.63, 3.8) is 0 Å². The van der Waals surface area contributed by atoms with E-state index in [2.05, 4.69) is 5.32 Å². The summed E-state index contributed by atoms with van der Waals surface area (Å²) in [5.41, 5.74) is 6.96. The summed E-state index contributed by atoms with van der Waals surface area (Å²) < 4.78 is 0. The van der Waals surface area contributed by atoms with E-state index in [0.29, 0.717) is 12.5 Å². The molecule has 0 amide bonds. The van der Waals surface area contributed by atoms with E-state index in [0.717, 1.165) is 13.1 Å². The zero-order valence-corrected chi connectivity index (χ0v) is 4.41. The van der Waals surface area contributed by atoms with E-state index in [1.807, 2.05) is 0 Å². The summed E-state index contributed by atoms with van der Waals surface area (Å²) in [4.78, 5) is 0. The van der Waals surface area contributed by atoms with Gasteiger partial charge in [0.2, 0.25) is 0 Å². The standard InChI is InChI=1S/C5H11N2/c6-3-5-1-2-7-4-5/h5-7H,1-4H2. The third kappa shape index (κ3) is 1.14. The van der Waals surface area contributed by atoms with Gasteiger partial charge in [0.1, 0.15) is 0 Å². The molecule has 1 fully saturated rings. The van der Waals surface area contributed by atoms with Crippen molar-refractivity contribution < 1.29 is 0 Å². The third-order valence-corrected chi connectivity index (χ3v) is 1.45. The molecular weight excluding hydrogens is 88.1 g/mol. The Hall–Kier alpha value is -0.0800. The zero-order valence-electron chi connectivity index (χ0n) is 4.41. The smallest absolute Gasteiger partial charge is 0.0141 e. The van der Waals surface area contributed by atoms with Gasteiger partial charge in [-0.05, 0) is 25.4 Å². The van der Waals surface area contributed by atoms with Crippen LogP contribution in [0.15, 0.2) is 0 Å². The van der Waals surface area contributed by atoms with E-state index in [4.69, 9.17) is 5.73 Å². The van der Waals surface area contributed by atoms with Crippen LogP contribution in [0.3, 0.4) is 0 Å². The molecule has 0 aromatic carbocycles. The molecule has 0 aromatic rings. The van der Waals surface area contributed by atoms with Crippen LogP contribution in [-0.2, 0) is 0 Å². The second-order valence-electron chi connectivity index (χ2n) is 2.06. The lowest BCUT2D eigenvalue weighted by Gasteiger charge is -1.98. The molecule has 41 valence electrons. The van der Waals surface area contributed by atoms with Crippen molar-refractivity contribution in [2.45, 2.75) is 6.42 Å². The Labute approximate surface area is 44.1 Å². The first-order valence-corrected chi connectivity index (χ1v) is 2.79. The highest BCUT2D eigenvalue weighted by Gasteiger charge is 2.10. The molecule has 7 heavy (non-hydrogen) atoms. The van der Waals surface area contributed by atoms with Gasteiger partial charge in [-0.15, -0.1) is 0 Å². The summed E-state index contributed by atoms with van der Waals surface area (Å²) in [5, 5.41) is 3.20. The molecule has 1 aliphatic rings. The van der Waals surface area contributed by atoms with Crippen LogP contribution in [-0.4, -0.2) is 19.6 Å². The van der Waals surface area contributed by atoms with Gasteiger partial charge >= 0.3 is 0 Å². The van der Waals surface area contributed by atoms with Crippen molar-refractivity contribution in [3.05, 3.63) is 0 Å². The highest BCUT2D eigenvalue weighted by Crippen LogP contribution is 2.03. The molecule has 2 nitrogen and oxygen atoms in total. The Morgan fingerprint density at radius 3 is 2.86 bits per heavy atom. The fourth-order valence-electron chi connectivity index (χ4n) is 0.889. The van der Waals surface area contributed by atoms with Crippen molar-refractivity contribution in [3.8, 4) is 0 Å². The van der Waals surface area contributed by atoms with Crippen molar-refractivity contribution in [2.75, 3.05) is 19.6 Å². The molecule has 0 aromatic heterocycles. The zero-order chi connectivity index (χ0) is 5.11. The minimum Gasteiger partial charge on any atom is -0.316 e. The topological polar surface area (TPSA) is 35.8 Å². The van der Waals surface area contributed by atoms with Gasteiger partial charge < -0.3 is 5.32 Å². The fraction of sp³-hybridized carbons (Fsp3) is 1.00. The van der Waals surface area contributed by atoms with Gasteiger partial charge in [0, 0.05) is 6.54 Å². The van der Waals surface area contributed by atoms with Gasteiger partial charge in [-0.3, -0.25) is 5.73 Å². The van der Waals surface area contributed by atoms with Crippen LogP contribution in [0, 0.1) is 5.92 Å². The summed E-state index contributed by atoms with van der Waals surface area (Å²) in [7, 11) is 0. The summed E-state index contributed by atoms with van der Waals surface area (Å²) in [5.74, 6) is 0.653. The van der Waals surface area contributed by atoms with Gasteiger partial charge in [0.05, 0.1) is 0 Å². The first kappa shape index (κ1) is 5.06. The van der Waals surface area contributed by atoms with Gasteiger partial charge in [-0.1, -0.05) is 0 Å². The molecule has 0 spiro atoms. The second-order valence-corrected chi connectivity index (χ2v) is 2.06. The lowest BCUT2D eigenvalue weighted by molar-refractivity contribution is 0.587. The molecule has 1 atom stereocenters. The van der Waals surface area contributed by atoms with Gasteiger partial charge in [-0.25, -0.2) is 0 Å².